The monoisotopic (exact) mass is 290 g/mol. The molecule has 19 heavy (non-hydrogen) atoms. The lowest BCUT2D eigenvalue weighted by Gasteiger charge is -2.27. The molecule has 3 atom stereocenters. The molecule has 0 aliphatic carbocycles. The molecule has 0 aromatic heterocycles. The van der Waals surface area contributed by atoms with Crippen LogP contribution in [0.15, 0.2) is 0 Å². The van der Waals surface area contributed by atoms with Crippen LogP contribution in [-0.4, -0.2) is 58.9 Å². The average Bonchev–Trinajstić information content (AvgIpc) is 2.80. The van der Waals surface area contributed by atoms with E-state index >= 15 is 0 Å². The first-order chi connectivity index (χ1) is 9.01. The molecule has 2 N–H and O–H groups in total. The summed E-state index contributed by atoms with van der Waals surface area (Å²) in [4.78, 5) is 24.8. The van der Waals surface area contributed by atoms with Crippen molar-refractivity contribution in [3.05, 3.63) is 0 Å². The quantitative estimate of drug-likeness (QED) is 0.772. The number of nitrogens with one attached hydrogen (secondary N) is 1. The summed E-state index contributed by atoms with van der Waals surface area (Å²) in [6.45, 7) is 4.25. The number of urea groups is 1. The fraction of sp³-hybridized carbons (Fsp3) is 0.833. The predicted octanol–water partition coefficient (Wildman–Crippen LogP) is 1.36. The summed E-state index contributed by atoms with van der Waals surface area (Å²) >= 11 is 1.53. The summed E-state index contributed by atoms with van der Waals surface area (Å²) in [5, 5.41) is 11.9. The zero-order chi connectivity index (χ0) is 14.4. The van der Waals surface area contributed by atoms with E-state index in [9.17, 15) is 14.7 Å². The number of carbonyl (C=O) groups excluding carboxylic acids is 1. The zero-order valence-corrected chi connectivity index (χ0v) is 12.4. The Labute approximate surface area is 117 Å². The lowest BCUT2D eigenvalue weighted by Crippen LogP contribution is -2.51. The maximum absolute atomic E-state index is 12.1. The summed E-state index contributed by atoms with van der Waals surface area (Å²) in [5.74, 6) is -0.492. The number of rotatable bonds is 6. The number of methoxy groups -OCH3 is 1. The van der Waals surface area contributed by atoms with Gasteiger partial charge in [-0.3, -0.25) is 4.90 Å². The third kappa shape index (κ3) is 4.28. The van der Waals surface area contributed by atoms with E-state index in [1.165, 1.54) is 16.7 Å². The highest BCUT2D eigenvalue weighted by Gasteiger charge is 2.41. The summed E-state index contributed by atoms with van der Waals surface area (Å²) in [6, 6.07) is -1.06. The van der Waals surface area contributed by atoms with Crippen molar-refractivity contribution in [3.63, 3.8) is 0 Å². The van der Waals surface area contributed by atoms with Crippen LogP contribution >= 0.6 is 11.8 Å². The number of hydrogen-bond donors (Lipinski definition) is 2. The van der Waals surface area contributed by atoms with Crippen LogP contribution in [-0.2, 0) is 9.53 Å². The molecule has 0 radical (unpaired) electrons. The van der Waals surface area contributed by atoms with Crippen molar-refractivity contribution in [2.75, 3.05) is 19.4 Å². The third-order valence-corrected chi connectivity index (χ3v) is 4.45. The fourth-order valence-electron chi connectivity index (χ4n) is 1.90. The maximum atomic E-state index is 12.1. The van der Waals surface area contributed by atoms with Crippen molar-refractivity contribution in [1.82, 2.24) is 10.2 Å². The number of aliphatic carboxylic acids is 1. The van der Waals surface area contributed by atoms with E-state index in [0.717, 1.165) is 12.8 Å². The summed E-state index contributed by atoms with van der Waals surface area (Å²) in [7, 11) is 1.57. The number of thioether (sulfide) groups is 1. The first-order valence-electron chi connectivity index (χ1n) is 6.44. The Bertz CT molecular complexity index is 327. The minimum atomic E-state index is -0.943. The molecule has 0 spiro atoms. The van der Waals surface area contributed by atoms with Gasteiger partial charge in [0.15, 0.2) is 0 Å². The van der Waals surface area contributed by atoms with Crippen molar-refractivity contribution >= 4 is 23.8 Å². The van der Waals surface area contributed by atoms with Gasteiger partial charge in [0.05, 0.1) is 11.5 Å². The van der Waals surface area contributed by atoms with E-state index < -0.39 is 12.0 Å². The van der Waals surface area contributed by atoms with Gasteiger partial charge >= 0.3 is 12.0 Å². The number of nitrogens with zero attached hydrogens (tertiary/aromatic N) is 1. The summed E-state index contributed by atoms with van der Waals surface area (Å²) < 4.78 is 5.06. The van der Waals surface area contributed by atoms with Crippen LogP contribution in [0.4, 0.5) is 4.79 Å². The second-order valence-corrected chi connectivity index (χ2v) is 5.78. The molecule has 1 fully saturated rings. The molecular weight excluding hydrogens is 268 g/mol. The van der Waals surface area contributed by atoms with E-state index in [1.54, 1.807) is 7.11 Å². The van der Waals surface area contributed by atoms with Crippen molar-refractivity contribution in [3.8, 4) is 0 Å². The molecule has 6 nitrogen and oxygen atoms in total. The Balaban J connectivity index is 2.66. The second-order valence-electron chi connectivity index (χ2n) is 4.57. The van der Waals surface area contributed by atoms with Crippen LogP contribution in [0, 0.1) is 0 Å². The van der Waals surface area contributed by atoms with Gasteiger partial charge in [-0.1, -0.05) is 13.3 Å². The molecule has 2 amide bonds. The molecule has 1 saturated heterocycles. The van der Waals surface area contributed by atoms with Crippen molar-refractivity contribution in [2.24, 2.45) is 0 Å². The Hall–Kier alpha value is -0.950. The van der Waals surface area contributed by atoms with Gasteiger partial charge in [-0.15, -0.1) is 11.8 Å². The van der Waals surface area contributed by atoms with Gasteiger partial charge in [-0.25, -0.2) is 9.59 Å². The molecule has 0 aromatic rings. The SMILES string of the molecule is CCCC1SCC(C(=O)O)N1C(=O)NCC(C)OC. The van der Waals surface area contributed by atoms with Gasteiger partial charge in [0.2, 0.25) is 0 Å². The molecule has 110 valence electrons. The van der Waals surface area contributed by atoms with E-state index in [1.807, 2.05) is 13.8 Å². The average molecular weight is 290 g/mol. The highest BCUT2D eigenvalue weighted by atomic mass is 32.2. The Kier molecular flexibility index (Phi) is 6.44. The molecule has 1 heterocycles. The molecule has 0 bridgehead atoms. The molecule has 1 aliphatic rings. The Morgan fingerprint density at radius 2 is 2.26 bits per heavy atom. The van der Waals surface area contributed by atoms with Crippen molar-refractivity contribution < 1.29 is 19.4 Å². The predicted molar refractivity (Wildman–Crippen MR) is 74.3 cm³/mol. The number of ether oxygens (including phenoxy) is 1. The van der Waals surface area contributed by atoms with Gasteiger partial charge in [-0.05, 0) is 13.3 Å². The molecular formula is C12H22N2O4S. The summed E-state index contributed by atoms with van der Waals surface area (Å²) in [6.07, 6.45) is 1.64. The highest BCUT2D eigenvalue weighted by molar-refractivity contribution is 8.00. The van der Waals surface area contributed by atoms with Crippen LogP contribution < -0.4 is 5.32 Å². The van der Waals surface area contributed by atoms with Crippen LogP contribution in [0.25, 0.3) is 0 Å². The van der Waals surface area contributed by atoms with E-state index in [0.29, 0.717) is 12.3 Å². The smallest absolute Gasteiger partial charge is 0.327 e. The van der Waals surface area contributed by atoms with Crippen molar-refractivity contribution in [1.29, 1.82) is 0 Å². The maximum Gasteiger partial charge on any atom is 0.327 e. The van der Waals surface area contributed by atoms with Gasteiger partial charge < -0.3 is 15.2 Å². The molecule has 1 aliphatic heterocycles. The molecule has 0 aromatic carbocycles. The van der Waals surface area contributed by atoms with Gasteiger partial charge in [0.1, 0.15) is 6.04 Å². The lowest BCUT2D eigenvalue weighted by atomic mass is 10.2. The largest absolute Gasteiger partial charge is 0.480 e. The summed E-state index contributed by atoms with van der Waals surface area (Å²) in [5.41, 5.74) is 0. The number of carboxylic acid groups (broad SMARTS) is 1. The van der Waals surface area contributed by atoms with E-state index in [-0.39, 0.29) is 17.5 Å². The van der Waals surface area contributed by atoms with E-state index in [2.05, 4.69) is 5.32 Å². The highest BCUT2D eigenvalue weighted by Crippen LogP contribution is 2.32. The number of carboxylic acids is 1. The van der Waals surface area contributed by atoms with Gasteiger partial charge in [0.25, 0.3) is 0 Å². The van der Waals surface area contributed by atoms with Crippen molar-refractivity contribution in [2.45, 2.75) is 44.2 Å². The number of hydrogen-bond acceptors (Lipinski definition) is 4. The first kappa shape index (κ1) is 16.1. The third-order valence-electron chi connectivity index (χ3n) is 3.09. The zero-order valence-electron chi connectivity index (χ0n) is 11.6. The Morgan fingerprint density at radius 3 is 2.79 bits per heavy atom. The molecule has 3 unspecified atom stereocenters. The fourth-order valence-corrected chi connectivity index (χ4v) is 3.41. The molecule has 7 heteroatoms. The molecule has 1 rings (SSSR count). The Morgan fingerprint density at radius 1 is 1.58 bits per heavy atom. The van der Waals surface area contributed by atoms with Gasteiger partial charge in [0, 0.05) is 19.4 Å². The standard InChI is InChI=1S/C12H22N2O4S/c1-4-5-10-14(9(7-19-10)11(15)16)12(17)13-6-8(2)18-3/h8-10H,4-7H2,1-3H3,(H,13,17)(H,15,16). The van der Waals surface area contributed by atoms with Crippen LogP contribution in [0.5, 0.6) is 0 Å². The normalized spacial score (nSPS) is 24.3. The number of amides is 2. The minimum absolute atomic E-state index is 0.0519. The van der Waals surface area contributed by atoms with Crippen LogP contribution in [0.1, 0.15) is 26.7 Å². The van der Waals surface area contributed by atoms with Gasteiger partial charge in [-0.2, -0.15) is 0 Å². The lowest BCUT2D eigenvalue weighted by molar-refractivity contribution is -0.141. The van der Waals surface area contributed by atoms with E-state index in [4.69, 9.17) is 4.74 Å². The van der Waals surface area contributed by atoms with Crippen LogP contribution in [0.2, 0.25) is 0 Å². The topological polar surface area (TPSA) is 78.9 Å². The first-order valence-corrected chi connectivity index (χ1v) is 7.49. The van der Waals surface area contributed by atoms with Crippen LogP contribution in [0.3, 0.4) is 0 Å². The number of carbonyl (C=O) groups is 2. The second kappa shape index (κ2) is 7.59. The minimum Gasteiger partial charge on any atom is -0.480 e. The molecule has 0 saturated carbocycles.